The topological polar surface area (TPSA) is 41.3 Å². The minimum atomic E-state index is -0.0440. The van der Waals surface area contributed by atoms with E-state index < -0.39 is 0 Å². The predicted molar refractivity (Wildman–Crippen MR) is 90.8 cm³/mol. The van der Waals surface area contributed by atoms with Gasteiger partial charge in [-0.2, -0.15) is 0 Å². The van der Waals surface area contributed by atoms with Crippen molar-refractivity contribution in [3.63, 3.8) is 0 Å². The van der Waals surface area contributed by atoms with Crippen molar-refractivity contribution in [3.8, 4) is 0 Å². The van der Waals surface area contributed by atoms with E-state index >= 15 is 0 Å². The first-order valence-electron chi connectivity index (χ1n) is 7.61. The lowest BCUT2D eigenvalue weighted by atomic mass is 9.86. The van der Waals surface area contributed by atoms with Crippen LogP contribution in [0.2, 0.25) is 10.0 Å². The molecule has 0 bridgehead atoms. The molecule has 118 valence electrons. The van der Waals surface area contributed by atoms with E-state index in [1.807, 2.05) is 18.2 Å². The van der Waals surface area contributed by atoms with Gasteiger partial charge >= 0.3 is 0 Å². The van der Waals surface area contributed by atoms with Crippen LogP contribution in [0.25, 0.3) is 0 Å². The number of nitrogens with two attached hydrogens (primary N) is 1. The van der Waals surface area contributed by atoms with Gasteiger partial charge < -0.3 is 0 Å². The molecule has 1 aromatic rings. The molecule has 1 unspecified atom stereocenters. The molecule has 3 N–H and O–H groups in total. The van der Waals surface area contributed by atoms with Gasteiger partial charge in [0, 0.05) is 21.6 Å². The quantitative estimate of drug-likeness (QED) is 0.640. The van der Waals surface area contributed by atoms with Crippen LogP contribution in [0.3, 0.4) is 0 Å². The van der Waals surface area contributed by atoms with Crippen LogP contribution in [0.4, 0.5) is 0 Å². The zero-order chi connectivity index (χ0) is 15.5. The molecule has 2 rings (SSSR count). The van der Waals surface area contributed by atoms with Crippen LogP contribution >= 0.6 is 23.2 Å². The van der Waals surface area contributed by atoms with Gasteiger partial charge in [0.25, 0.3) is 0 Å². The van der Waals surface area contributed by atoms with E-state index in [-0.39, 0.29) is 11.6 Å². The lowest BCUT2D eigenvalue weighted by Gasteiger charge is -2.46. The normalized spacial score (nSPS) is 18.7. The van der Waals surface area contributed by atoms with Gasteiger partial charge in [0.1, 0.15) is 0 Å². The number of hydrogen-bond acceptors (Lipinski definition) is 3. The number of nitrogens with zero attached hydrogens (tertiary/aromatic N) is 1. The summed E-state index contributed by atoms with van der Waals surface area (Å²) < 4.78 is 0. The van der Waals surface area contributed by atoms with Crippen LogP contribution in [0.1, 0.15) is 38.7 Å². The van der Waals surface area contributed by atoms with Gasteiger partial charge in [-0.25, -0.2) is 0 Å². The highest BCUT2D eigenvalue weighted by Gasteiger charge is 2.36. The fourth-order valence-corrected chi connectivity index (χ4v) is 3.69. The minimum Gasteiger partial charge on any atom is -0.297 e. The summed E-state index contributed by atoms with van der Waals surface area (Å²) in [5, 5.41) is 1.41. The van der Waals surface area contributed by atoms with E-state index in [1.165, 1.54) is 19.3 Å². The number of rotatable bonds is 5. The maximum absolute atomic E-state index is 6.30. The molecule has 1 aliphatic heterocycles. The SMILES string of the molecule is CC(C)(C(Cc1c(Cl)cccc1Cl)NN)N1CCCCC1. The van der Waals surface area contributed by atoms with Crippen LogP contribution in [0.5, 0.6) is 0 Å². The van der Waals surface area contributed by atoms with Crippen molar-refractivity contribution in [2.24, 2.45) is 5.84 Å². The summed E-state index contributed by atoms with van der Waals surface area (Å²) in [6, 6.07) is 5.72. The number of likely N-dealkylation sites (tertiary alicyclic amines) is 1. The van der Waals surface area contributed by atoms with E-state index in [2.05, 4.69) is 24.2 Å². The molecule has 0 aliphatic carbocycles. The molecule has 3 nitrogen and oxygen atoms in total. The fourth-order valence-electron chi connectivity index (χ4n) is 3.13. The molecule has 0 saturated carbocycles. The first-order valence-corrected chi connectivity index (χ1v) is 8.36. The van der Waals surface area contributed by atoms with E-state index in [1.54, 1.807) is 0 Å². The maximum atomic E-state index is 6.30. The van der Waals surface area contributed by atoms with Crippen molar-refractivity contribution in [3.05, 3.63) is 33.8 Å². The van der Waals surface area contributed by atoms with Crippen molar-refractivity contribution >= 4 is 23.2 Å². The van der Waals surface area contributed by atoms with Gasteiger partial charge in [0.2, 0.25) is 0 Å². The number of hydrazine groups is 1. The second kappa shape index (κ2) is 7.30. The van der Waals surface area contributed by atoms with Gasteiger partial charge in [0.15, 0.2) is 0 Å². The first-order chi connectivity index (χ1) is 9.96. The standard InChI is InChI=1S/C16H25Cl2N3/c1-16(2,21-9-4-3-5-10-21)15(20-19)11-12-13(17)7-6-8-14(12)18/h6-8,15,20H,3-5,9-11,19H2,1-2H3. The summed E-state index contributed by atoms with van der Waals surface area (Å²) in [7, 11) is 0. The summed E-state index contributed by atoms with van der Waals surface area (Å²) in [5.41, 5.74) is 3.91. The third-order valence-electron chi connectivity index (χ3n) is 4.69. The Bertz CT molecular complexity index is 450. The number of halogens is 2. The molecular formula is C16H25Cl2N3. The van der Waals surface area contributed by atoms with Crippen LogP contribution in [-0.2, 0) is 6.42 Å². The molecule has 0 radical (unpaired) electrons. The van der Waals surface area contributed by atoms with Crippen LogP contribution in [0, 0.1) is 0 Å². The van der Waals surface area contributed by atoms with Gasteiger partial charge in [-0.15, -0.1) is 0 Å². The van der Waals surface area contributed by atoms with Gasteiger partial charge in [-0.1, -0.05) is 35.7 Å². The fraction of sp³-hybridized carbons (Fsp3) is 0.625. The second-order valence-electron chi connectivity index (χ2n) is 6.32. The molecule has 0 amide bonds. The Hall–Kier alpha value is -0.320. The van der Waals surface area contributed by atoms with Crippen LogP contribution in [-0.4, -0.2) is 29.6 Å². The van der Waals surface area contributed by atoms with Crippen LogP contribution in [0.15, 0.2) is 18.2 Å². The maximum Gasteiger partial charge on any atom is 0.0453 e. The smallest absolute Gasteiger partial charge is 0.0453 e. The van der Waals surface area contributed by atoms with Crippen molar-refractivity contribution in [1.29, 1.82) is 0 Å². The van der Waals surface area contributed by atoms with E-state index in [0.29, 0.717) is 10.0 Å². The Balaban J connectivity index is 2.18. The van der Waals surface area contributed by atoms with Crippen molar-refractivity contribution in [1.82, 2.24) is 10.3 Å². The monoisotopic (exact) mass is 329 g/mol. The lowest BCUT2D eigenvalue weighted by Crippen LogP contribution is -2.61. The molecule has 1 fully saturated rings. The zero-order valence-electron chi connectivity index (χ0n) is 12.8. The Labute approximate surface area is 137 Å². The first kappa shape index (κ1) is 17.0. The largest absolute Gasteiger partial charge is 0.297 e. The Kier molecular flexibility index (Phi) is 5.92. The summed E-state index contributed by atoms with van der Waals surface area (Å²) in [4.78, 5) is 2.52. The summed E-state index contributed by atoms with van der Waals surface area (Å²) >= 11 is 12.6. The zero-order valence-corrected chi connectivity index (χ0v) is 14.3. The molecule has 0 aromatic heterocycles. The Morgan fingerprint density at radius 1 is 1.19 bits per heavy atom. The highest BCUT2D eigenvalue weighted by Crippen LogP contribution is 2.30. The average molecular weight is 330 g/mol. The second-order valence-corrected chi connectivity index (χ2v) is 7.14. The summed E-state index contributed by atoms with van der Waals surface area (Å²) in [5.74, 6) is 5.85. The highest BCUT2D eigenvalue weighted by atomic mass is 35.5. The van der Waals surface area contributed by atoms with Crippen molar-refractivity contribution in [2.75, 3.05) is 13.1 Å². The molecule has 5 heteroatoms. The van der Waals surface area contributed by atoms with Crippen molar-refractivity contribution < 1.29 is 0 Å². The summed E-state index contributed by atoms with van der Waals surface area (Å²) in [6.07, 6.45) is 4.56. The molecule has 1 aliphatic rings. The number of benzene rings is 1. The predicted octanol–water partition coefficient (Wildman–Crippen LogP) is 3.63. The molecule has 1 saturated heterocycles. The van der Waals surface area contributed by atoms with Crippen molar-refractivity contribution in [2.45, 2.75) is 51.1 Å². The highest BCUT2D eigenvalue weighted by molar-refractivity contribution is 6.36. The third kappa shape index (κ3) is 3.91. The van der Waals surface area contributed by atoms with Gasteiger partial charge in [-0.05, 0) is 63.9 Å². The van der Waals surface area contributed by atoms with E-state index in [9.17, 15) is 0 Å². The van der Waals surface area contributed by atoms with Gasteiger partial charge in [-0.3, -0.25) is 16.2 Å². The minimum absolute atomic E-state index is 0.0440. The molecule has 21 heavy (non-hydrogen) atoms. The average Bonchev–Trinajstić information content (AvgIpc) is 2.47. The van der Waals surface area contributed by atoms with E-state index in [4.69, 9.17) is 29.0 Å². The molecular weight excluding hydrogens is 305 g/mol. The molecule has 1 heterocycles. The number of nitrogens with one attached hydrogen (secondary N) is 1. The van der Waals surface area contributed by atoms with Gasteiger partial charge in [0.05, 0.1) is 0 Å². The molecule has 1 atom stereocenters. The summed E-state index contributed by atoms with van der Waals surface area (Å²) in [6.45, 7) is 6.74. The Morgan fingerprint density at radius 3 is 2.29 bits per heavy atom. The van der Waals surface area contributed by atoms with E-state index in [0.717, 1.165) is 25.1 Å². The number of hydrogen-bond donors (Lipinski definition) is 2. The number of piperidine rings is 1. The molecule has 1 aromatic carbocycles. The van der Waals surface area contributed by atoms with Crippen LogP contribution < -0.4 is 11.3 Å². The Morgan fingerprint density at radius 2 is 1.76 bits per heavy atom. The lowest BCUT2D eigenvalue weighted by molar-refractivity contribution is 0.0611. The molecule has 0 spiro atoms. The third-order valence-corrected chi connectivity index (χ3v) is 5.40.